The molecule has 578 valence electrons. The third-order valence-electron chi connectivity index (χ3n) is 17.7. The molecule has 22 nitrogen and oxygen atoms in total. The molecule has 4 aliphatic heterocycles. The highest BCUT2D eigenvalue weighted by molar-refractivity contribution is 5.90. The number of ether oxygens (including phenoxy) is 15. The van der Waals surface area contributed by atoms with Gasteiger partial charge in [0.05, 0.1) is 87.8 Å². The van der Waals surface area contributed by atoms with E-state index in [1.54, 1.807) is 106 Å². The zero-order valence-electron chi connectivity index (χ0n) is 63.4. The number of carbonyl (C=O) groups is 7. The first-order valence-electron chi connectivity index (χ1n) is 37.6. The van der Waals surface area contributed by atoms with Crippen LogP contribution in [-0.2, 0) is 85.4 Å². The molecule has 0 aromatic heterocycles. The lowest BCUT2D eigenvalue weighted by Gasteiger charge is -2.23. The largest absolute Gasteiger partial charge is 0.466 e. The molecular formula is C82H118O22. The quantitative estimate of drug-likeness (QED) is 0.0228. The number of carbonyl (C=O) groups excluding carboxylic acids is 7. The number of unbranched alkanes of at least 4 members (excludes halogenated alkanes) is 6. The van der Waals surface area contributed by atoms with Crippen molar-refractivity contribution in [2.24, 2.45) is 11.8 Å². The molecule has 8 rings (SSSR count). The minimum Gasteiger partial charge on any atom is -0.466 e. The van der Waals surface area contributed by atoms with Crippen LogP contribution in [0.15, 0.2) is 121 Å². The second-order valence-corrected chi connectivity index (χ2v) is 27.7. The first-order chi connectivity index (χ1) is 50.0. The summed E-state index contributed by atoms with van der Waals surface area (Å²) in [6.07, 6.45) is 15.7. The summed E-state index contributed by atoms with van der Waals surface area (Å²) in [4.78, 5) is 83.5. The number of esters is 7. The Kier molecular flexibility index (Phi) is 40.5. The van der Waals surface area contributed by atoms with E-state index in [-0.39, 0.29) is 106 Å². The van der Waals surface area contributed by atoms with Crippen molar-refractivity contribution in [3.63, 3.8) is 0 Å². The van der Waals surface area contributed by atoms with Crippen LogP contribution in [0.25, 0.3) is 0 Å². The number of benzene rings is 4. The van der Waals surface area contributed by atoms with Gasteiger partial charge in [0.15, 0.2) is 23.1 Å². The fraction of sp³-hybridized carbons (Fsp3) is 0.622. The molecule has 0 bridgehead atoms. The molecule has 4 fully saturated rings. The van der Waals surface area contributed by atoms with Gasteiger partial charge in [0.2, 0.25) is 0 Å². The lowest BCUT2D eigenvalue weighted by atomic mass is 10.0. The minimum absolute atomic E-state index is 0.114. The van der Waals surface area contributed by atoms with E-state index < -0.39 is 29.1 Å². The van der Waals surface area contributed by atoms with Gasteiger partial charge in [-0.15, -0.1) is 0 Å². The molecular weight excluding hydrogens is 1340 g/mol. The molecule has 0 aliphatic carbocycles. The third kappa shape index (κ3) is 35.3. The molecule has 9 unspecified atom stereocenters. The van der Waals surface area contributed by atoms with Crippen molar-refractivity contribution in [1.29, 1.82) is 0 Å². The molecule has 4 heterocycles. The topological polar surface area (TPSA) is 258 Å². The van der Waals surface area contributed by atoms with Crippen molar-refractivity contribution in [2.45, 2.75) is 245 Å². The Morgan fingerprint density at radius 1 is 0.365 bits per heavy atom. The van der Waals surface area contributed by atoms with Gasteiger partial charge in [-0.05, 0) is 114 Å². The molecule has 4 aromatic carbocycles. The van der Waals surface area contributed by atoms with Crippen LogP contribution in [0.2, 0.25) is 0 Å². The zero-order valence-corrected chi connectivity index (χ0v) is 63.4. The standard InChI is InChI=1S/C24H36O6.C23H34O6.C19H26O6.C16H22O4/c1-19(2)11-7-4-5-10-16-27-22(25)14-15-24(3)29-18-21(30-24)17-28-23(26)20-12-8-6-9-13-20;1-4-6-10-18(5-2)15-26-21(24)13-14-23(3)28-17-20(29-23)16-27-22(25)19-11-8-7-9-12-19;1-3-4-12-22-17(20)10-11-19(2)24-14-16(25-19)13-23-18(21)15-8-6-5-7-9-15;1-3-4-10-16(2)19-12-14(20-16)11-18-15(17)13-8-6-5-7-9-13/h6,8-9,12-13,19,21H,4-5,7,10-11,14-18H2,1-3H3;7-9,11-12,18,20H,4-6,10,13-17H2,1-3H3;5-9,16H,3-4,10-14H2,1-2H3;5-9,14H,3-4,10-12H2,1-2H3. The van der Waals surface area contributed by atoms with E-state index in [0.29, 0.717) is 93.7 Å². The first-order valence-corrected chi connectivity index (χ1v) is 37.6. The lowest BCUT2D eigenvalue weighted by Crippen LogP contribution is -2.29. The highest BCUT2D eigenvalue weighted by atomic mass is 16.8. The monoisotopic (exact) mass is 1450 g/mol. The molecule has 104 heavy (non-hydrogen) atoms. The van der Waals surface area contributed by atoms with Crippen LogP contribution in [0.4, 0.5) is 0 Å². The van der Waals surface area contributed by atoms with Gasteiger partial charge in [-0.2, -0.15) is 0 Å². The average molecular weight is 1460 g/mol. The maximum Gasteiger partial charge on any atom is 0.338 e. The van der Waals surface area contributed by atoms with Gasteiger partial charge in [-0.25, -0.2) is 19.2 Å². The van der Waals surface area contributed by atoms with E-state index in [1.165, 1.54) is 19.3 Å². The van der Waals surface area contributed by atoms with Gasteiger partial charge in [0.1, 0.15) is 50.8 Å². The van der Waals surface area contributed by atoms with E-state index in [4.69, 9.17) is 71.1 Å². The SMILES string of the molecule is CC(C)CCCCCCOC(=O)CCC1(C)OCC(COC(=O)c2ccccc2)O1.CCCCC(CC)COC(=O)CCC1(C)OCC(COC(=O)c2ccccc2)O1.CCCCC1(C)OCC(COC(=O)c2ccccc2)O1.CCCCOC(=O)CCC1(C)OCC(COC(=O)c2ccccc2)O1. The van der Waals surface area contributed by atoms with Crippen molar-refractivity contribution in [1.82, 2.24) is 0 Å². The maximum atomic E-state index is 12.1. The second kappa shape index (κ2) is 48.1. The lowest BCUT2D eigenvalue weighted by molar-refractivity contribution is -0.171. The van der Waals surface area contributed by atoms with Gasteiger partial charge < -0.3 is 71.1 Å². The van der Waals surface area contributed by atoms with Crippen molar-refractivity contribution in [2.75, 3.05) is 72.7 Å². The highest BCUT2D eigenvalue weighted by Gasteiger charge is 2.41. The second-order valence-electron chi connectivity index (χ2n) is 27.7. The van der Waals surface area contributed by atoms with Crippen LogP contribution in [0.5, 0.6) is 0 Å². The summed E-state index contributed by atoms with van der Waals surface area (Å²) in [6.45, 7) is 23.7. The molecule has 9 atom stereocenters. The number of hydrogen-bond donors (Lipinski definition) is 0. The van der Waals surface area contributed by atoms with Crippen molar-refractivity contribution in [3.8, 4) is 0 Å². The summed E-state index contributed by atoms with van der Waals surface area (Å²) < 4.78 is 83.1. The average Bonchev–Trinajstić information content (AvgIpc) is 1.72. The van der Waals surface area contributed by atoms with Gasteiger partial charge >= 0.3 is 41.8 Å². The summed E-state index contributed by atoms with van der Waals surface area (Å²) in [5, 5.41) is 0. The smallest absolute Gasteiger partial charge is 0.338 e. The summed E-state index contributed by atoms with van der Waals surface area (Å²) in [5.41, 5.74) is 2.06. The van der Waals surface area contributed by atoms with Crippen molar-refractivity contribution in [3.05, 3.63) is 144 Å². The predicted molar refractivity (Wildman–Crippen MR) is 390 cm³/mol. The summed E-state index contributed by atoms with van der Waals surface area (Å²) >= 11 is 0. The Morgan fingerprint density at radius 2 is 0.673 bits per heavy atom. The summed E-state index contributed by atoms with van der Waals surface area (Å²) in [7, 11) is 0. The predicted octanol–water partition coefficient (Wildman–Crippen LogP) is 15.7. The number of hydrogen-bond acceptors (Lipinski definition) is 22. The Hall–Kier alpha value is -7.15. The summed E-state index contributed by atoms with van der Waals surface area (Å²) in [6, 6.07) is 35.4. The van der Waals surface area contributed by atoms with Crippen molar-refractivity contribution < 1.29 is 105 Å². The molecule has 22 heteroatoms. The van der Waals surface area contributed by atoms with Crippen LogP contribution in [-0.4, -0.2) is 162 Å². The molecule has 4 aromatic rings. The van der Waals surface area contributed by atoms with Crippen LogP contribution in [0.1, 0.15) is 239 Å². The van der Waals surface area contributed by atoms with Crippen LogP contribution >= 0.6 is 0 Å². The normalized spacial score (nSPS) is 22.6. The highest BCUT2D eigenvalue weighted by Crippen LogP contribution is 2.33. The Labute approximate surface area is 617 Å². The van der Waals surface area contributed by atoms with E-state index >= 15 is 0 Å². The third-order valence-corrected chi connectivity index (χ3v) is 17.7. The fourth-order valence-corrected chi connectivity index (χ4v) is 11.3. The van der Waals surface area contributed by atoms with E-state index in [1.807, 2.05) is 50.2 Å². The van der Waals surface area contributed by atoms with E-state index in [2.05, 4.69) is 34.6 Å². The van der Waals surface area contributed by atoms with Gasteiger partial charge in [0.25, 0.3) is 0 Å². The maximum absolute atomic E-state index is 12.1. The van der Waals surface area contributed by atoms with Crippen LogP contribution in [0.3, 0.4) is 0 Å². The molecule has 0 spiro atoms. The Morgan fingerprint density at radius 3 is 0.990 bits per heavy atom. The molecule has 0 radical (unpaired) electrons. The molecule has 0 N–H and O–H groups in total. The molecule has 0 amide bonds. The van der Waals surface area contributed by atoms with Crippen LogP contribution < -0.4 is 0 Å². The first kappa shape index (κ1) is 87.5. The van der Waals surface area contributed by atoms with Crippen LogP contribution in [0, 0.1) is 11.8 Å². The van der Waals surface area contributed by atoms with E-state index in [9.17, 15) is 33.6 Å². The van der Waals surface area contributed by atoms with Gasteiger partial charge in [-0.3, -0.25) is 14.4 Å². The molecule has 4 saturated heterocycles. The summed E-state index contributed by atoms with van der Waals surface area (Å²) in [5.74, 6) is -4.13. The molecule has 0 saturated carbocycles. The van der Waals surface area contributed by atoms with Gasteiger partial charge in [0, 0.05) is 25.7 Å². The van der Waals surface area contributed by atoms with Gasteiger partial charge in [-0.1, -0.05) is 172 Å². The Balaban J connectivity index is 0.000000252. The fourth-order valence-electron chi connectivity index (χ4n) is 11.3. The van der Waals surface area contributed by atoms with Crippen molar-refractivity contribution >= 4 is 41.8 Å². The zero-order chi connectivity index (χ0) is 75.5. The minimum atomic E-state index is -0.866. The van der Waals surface area contributed by atoms with E-state index in [0.717, 1.165) is 76.5 Å². The molecule has 4 aliphatic rings. The number of rotatable bonds is 40. The Bertz CT molecular complexity index is 3080.